The van der Waals surface area contributed by atoms with Crippen molar-refractivity contribution in [3.63, 3.8) is 0 Å². The van der Waals surface area contributed by atoms with Crippen molar-refractivity contribution in [1.29, 1.82) is 0 Å². The highest BCUT2D eigenvalue weighted by molar-refractivity contribution is 5.96. The van der Waals surface area contributed by atoms with Gasteiger partial charge in [-0.05, 0) is 30.2 Å². The van der Waals surface area contributed by atoms with E-state index in [-0.39, 0.29) is 17.2 Å². The normalized spacial score (nSPS) is 10.1. The fourth-order valence-electron chi connectivity index (χ4n) is 1.82. The van der Waals surface area contributed by atoms with Gasteiger partial charge in [0.05, 0.1) is 18.9 Å². The van der Waals surface area contributed by atoms with Crippen molar-refractivity contribution in [1.82, 2.24) is 10.3 Å². The van der Waals surface area contributed by atoms with Crippen LogP contribution in [0.3, 0.4) is 0 Å². The minimum absolute atomic E-state index is 0.119. The second-order valence-electron chi connectivity index (χ2n) is 4.25. The zero-order valence-corrected chi connectivity index (χ0v) is 11.2. The van der Waals surface area contributed by atoms with Crippen LogP contribution < -0.4 is 10.1 Å². The molecule has 0 aliphatic heterocycles. The number of carbonyl (C=O) groups is 1. The van der Waals surface area contributed by atoms with Gasteiger partial charge in [0, 0.05) is 12.7 Å². The third kappa shape index (κ3) is 3.47. The number of amides is 1. The molecule has 2 aromatic rings. The Bertz CT molecular complexity index is 599. The van der Waals surface area contributed by atoms with Crippen LogP contribution in [0.2, 0.25) is 0 Å². The Morgan fingerprint density at radius 1 is 1.40 bits per heavy atom. The van der Waals surface area contributed by atoms with Crippen LogP contribution >= 0.6 is 0 Å². The number of aromatic nitrogens is 1. The summed E-state index contributed by atoms with van der Waals surface area (Å²) in [5, 5.41) is 12.3. The zero-order chi connectivity index (χ0) is 14.4. The lowest BCUT2D eigenvalue weighted by Gasteiger charge is -2.07. The number of rotatable bonds is 5. The van der Waals surface area contributed by atoms with Crippen LogP contribution in [0.25, 0.3) is 0 Å². The summed E-state index contributed by atoms with van der Waals surface area (Å²) < 4.78 is 5.14. The van der Waals surface area contributed by atoms with E-state index in [4.69, 9.17) is 4.74 Å². The van der Waals surface area contributed by atoms with Gasteiger partial charge in [0.15, 0.2) is 0 Å². The maximum atomic E-state index is 11.9. The molecule has 0 aliphatic rings. The standard InChI is InChI=1S/C15H16N2O3/c1-20-12-4-2-3-11(9-12)5-8-17-15(19)13-6-7-16-10-14(13)18/h2-4,6-7,9-10,18H,5,8H2,1H3,(H,17,19). The molecule has 1 heterocycles. The summed E-state index contributed by atoms with van der Waals surface area (Å²) in [4.78, 5) is 15.6. The van der Waals surface area contributed by atoms with Crippen molar-refractivity contribution >= 4 is 5.91 Å². The number of pyridine rings is 1. The summed E-state index contributed by atoms with van der Waals surface area (Å²) in [6.07, 6.45) is 3.41. The predicted octanol–water partition coefficient (Wildman–Crippen LogP) is 1.77. The number of nitrogens with zero attached hydrogens (tertiary/aromatic N) is 1. The highest BCUT2D eigenvalue weighted by atomic mass is 16.5. The van der Waals surface area contributed by atoms with Gasteiger partial charge in [-0.3, -0.25) is 9.78 Å². The number of nitrogens with one attached hydrogen (secondary N) is 1. The number of methoxy groups -OCH3 is 1. The van der Waals surface area contributed by atoms with Gasteiger partial charge in [-0.2, -0.15) is 0 Å². The van der Waals surface area contributed by atoms with Gasteiger partial charge < -0.3 is 15.2 Å². The highest BCUT2D eigenvalue weighted by Crippen LogP contribution is 2.14. The number of aromatic hydroxyl groups is 1. The number of hydrogen-bond acceptors (Lipinski definition) is 4. The second-order valence-corrected chi connectivity index (χ2v) is 4.25. The van der Waals surface area contributed by atoms with E-state index in [2.05, 4.69) is 10.3 Å². The van der Waals surface area contributed by atoms with E-state index in [1.807, 2.05) is 24.3 Å². The summed E-state index contributed by atoms with van der Waals surface area (Å²) in [6, 6.07) is 9.16. The molecular weight excluding hydrogens is 256 g/mol. The van der Waals surface area contributed by atoms with E-state index in [0.29, 0.717) is 13.0 Å². The molecule has 2 rings (SSSR count). The van der Waals surface area contributed by atoms with Crippen molar-refractivity contribution in [3.05, 3.63) is 53.9 Å². The molecule has 0 aliphatic carbocycles. The molecule has 0 fully saturated rings. The number of carbonyl (C=O) groups excluding carboxylic acids is 1. The maximum Gasteiger partial charge on any atom is 0.255 e. The zero-order valence-electron chi connectivity index (χ0n) is 11.2. The first-order valence-corrected chi connectivity index (χ1v) is 6.25. The average molecular weight is 272 g/mol. The van der Waals surface area contributed by atoms with E-state index in [1.165, 1.54) is 18.5 Å². The lowest BCUT2D eigenvalue weighted by atomic mass is 10.1. The Morgan fingerprint density at radius 2 is 2.25 bits per heavy atom. The van der Waals surface area contributed by atoms with Gasteiger partial charge >= 0.3 is 0 Å². The van der Waals surface area contributed by atoms with Gasteiger partial charge in [0.25, 0.3) is 5.91 Å². The van der Waals surface area contributed by atoms with Crippen LogP contribution in [0.5, 0.6) is 11.5 Å². The number of benzene rings is 1. The molecule has 0 saturated heterocycles. The summed E-state index contributed by atoms with van der Waals surface area (Å²) in [7, 11) is 1.62. The summed E-state index contributed by atoms with van der Waals surface area (Å²) in [6.45, 7) is 0.480. The van der Waals surface area contributed by atoms with E-state index >= 15 is 0 Å². The molecule has 0 radical (unpaired) electrons. The molecular formula is C15H16N2O3. The largest absolute Gasteiger partial charge is 0.505 e. The van der Waals surface area contributed by atoms with Gasteiger partial charge in [0.2, 0.25) is 0 Å². The molecule has 0 unspecified atom stereocenters. The first kappa shape index (κ1) is 13.9. The fourth-order valence-corrected chi connectivity index (χ4v) is 1.82. The Morgan fingerprint density at radius 3 is 3.00 bits per heavy atom. The third-order valence-corrected chi connectivity index (χ3v) is 2.88. The molecule has 5 nitrogen and oxygen atoms in total. The van der Waals surface area contributed by atoms with Gasteiger partial charge in [-0.25, -0.2) is 0 Å². The van der Waals surface area contributed by atoms with Crippen molar-refractivity contribution in [2.45, 2.75) is 6.42 Å². The quantitative estimate of drug-likeness (QED) is 0.870. The summed E-state index contributed by atoms with van der Waals surface area (Å²) >= 11 is 0. The number of ether oxygens (including phenoxy) is 1. The van der Waals surface area contributed by atoms with Crippen LogP contribution in [0, 0.1) is 0 Å². The van der Waals surface area contributed by atoms with E-state index in [0.717, 1.165) is 11.3 Å². The fraction of sp³-hybridized carbons (Fsp3) is 0.200. The van der Waals surface area contributed by atoms with Crippen LogP contribution in [0.15, 0.2) is 42.7 Å². The Balaban J connectivity index is 1.89. The van der Waals surface area contributed by atoms with Crippen molar-refractivity contribution in [3.8, 4) is 11.5 Å². The monoisotopic (exact) mass is 272 g/mol. The average Bonchev–Trinajstić information content (AvgIpc) is 2.48. The van der Waals surface area contributed by atoms with Crippen LogP contribution in [-0.2, 0) is 6.42 Å². The molecule has 0 saturated carbocycles. The molecule has 0 spiro atoms. The Kier molecular flexibility index (Phi) is 4.55. The molecule has 2 N–H and O–H groups in total. The Hall–Kier alpha value is -2.56. The number of hydrogen-bond donors (Lipinski definition) is 2. The van der Waals surface area contributed by atoms with Gasteiger partial charge in [-0.1, -0.05) is 12.1 Å². The SMILES string of the molecule is COc1cccc(CCNC(=O)c2ccncc2O)c1. The maximum absolute atomic E-state index is 11.9. The Labute approximate surface area is 117 Å². The lowest BCUT2D eigenvalue weighted by molar-refractivity contribution is 0.0951. The molecule has 104 valence electrons. The molecule has 1 aromatic carbocycles. The van der Waals surface area contributed by atoms with E-state index < -0.39 is 0 Å². The minimum atomic E-state index is -0.312. The van der Waals surface area contributed by atoms with Crippen LogP contribution in [-0.4, -0.2) is 29.7 Å². The third-order valence-electron chi connectivity index (χ3n) is 2.88. The summed E-state index contributed by atoms with van der Waals surface area (Å²) in [5.74, 6) is 0.361. The molecule has 0 atom stereocenters. The topological polar surface area (TPSA) is 71.5 Å². The highest BCUT2D eigenvalue weighted by Gasteiger charge is 2.09. The van der Waals surface area contributed by atoms with Gasteiger partial charge in [-0.15, -0.1) is 0 Å². The molecule has 1 amide bonds. The molecule has 5 heteroatoms. The molecule has 20 heavy (non-hydrogen) atoms. The van der Waals surface area contributed by atoms with E-state index in [1.54, 1.807) is 7.11 Å². The smallest absolute Gasteiger partial charge is 0.255 e. The minimum Gasteiger partial charge on any atom is -0.505 e. The van der Waals surface area contributed by atoms with E-state index in [9.17, 15) is 9.90 Å². The first-order chi connectivity index (χ1) is 9.70. The molecule has 0 bridgehead atoms. The van der Waals surface area contributed by atoms with Crippen LogP contribution in [0.4, 0.5) is 0 Å². The molecule has 1 aromatic heterocycles. The summed E-state index contributed by atoms with van der Waals surface area (Å²) in [5.41, 5.74) is 1.30. The van der Waals surface area contributed by atoms with Crippen LogP contribution in [0.1, 0.15) is 15.9 Å². The van der Waals surface area contributed by atoms with Crippen molar-refractivity contribution in [2.24, 2.45) is 0 Å². The lowest BCUT2D eigenvalue weighted by Crippen LogP contribution is -2.25. The van der Waals surface area contributed by atoms with Crippen molar-refractivity contribution < 1.29 is 14.6 Å². The first-order valence-electron chi connectivity index (χ1n) is 6.25. The van der Waals surface area contributed by atoms with Gasteiger partial charge in [0.1, 0.15) is 11.5 Å². The second kappa shape index (κ2) is 6.56. The predicted molar refractivity (Wildman–Crippen MR) is 74.9 cm³/mol. The van der Waals surface area contributed by atoms with Crippen molar-refractivity contribution in [2.75, 3.05) is 13.7 Å².